The third kappa shape index (κ3) is 4.44. The molecule has 168 valence electrons. The molecule has 4 rings (SSSR count). The van der Waals surface area contributed by atoms with Crippen LogP contribution in [0.1, 0.15) is 71.6 Å². The van der Waals surface area contributed by atoms with Gasteiger partial charge in [0.05, 0.1) is 17.7 Å². The van der Waals surface area contributed by atoms with E-state index in [1.54, 1.807) is 6.07 Å². The summed E-state index contributed by atoms with van der Waals surface area (Å²) in [7, 11) is 0. The van der Waals surface area contributed by atoms with Crippen LogP contribution in [0.4, 0.5) is 4.39 Å². The van der Waals surface area contributed by atoms with Crippen LogP contribution in [0.3, 0.4) is 0 Å². The van der Waals surface area contributed by atoms with Gasteiger partial charge in [0.25, 0.3) is 0 Å². The number of aryl methyl sites for hydroxylation is 1. The quantitative estimate of drug-likeness (QED) is 0.497. The van der Waals surface area contributed by atoms with E-state index in [2.05, 4.69) is 28.9 Å². The second-order valence-corrected chi connectivity index (χ2v) is 9.20. The maximum Gasteiger partial charge on any atom is 0.225 e. The lowest BCUT2D eigenvalue weighted by Crippen LogP contribution is -2.26. The van der Waals surface area contributed by atoms with E-state index in [4.69, 9.17) is 22.4 Å². The van der Waals surface area contributed by atoms with Crippen molar-refractivity contribution in [1.29, 1.82) is 0 Å². The summed E-state index contributed by atoms with van der Waals surface area (Å²) in [6, 6.07) is 15.1. The number of aromatic nitrogens is 2. The Kier molecular flexibility index (Phi) is 6.66. The fraction of sp³-hybridized carbons (Fsp3) is 0.385. The molecule has 32 heavy (non-hydrogen) atoms. The first-order valence-corrected chi connectivity index (χ1v) is 11.6. The van der Waals surface area contributed by atoms with Gasteiger partial charge in [-0.05, 0) is 56.4 Å². The number of hydrogen-bond acceptors (Lipinski definition) is 2. The normalized spacial score (nSPS) is 19.6. The predicted octanol–water partition coefficient (Wildman–Crippen LogP) is 6.00. The van der Waals surface area contributed by atoms with Crippen molar-refractivity contribution in [3.05, 3.63) is 87.4 Å². The highest BCUT2D eigenvalue weighted by atomic mass is 35.5. The Morgan fingerprint density at radius 3 is 2.59 bits per heavy atom. The molecule has 4 nitrogen and oxygen atoms in total. The van der Waals surface area contributed by atoms with E-state index in [1.165, 1.54) is 24.1 Å². The summed E-state index contributed by atoms with van der Waals surface area (Å²) in [5.41, 5.74) is 10.5. The van der Waals surface area contributed by atoms with E-state index < -0.39 is 17.6 Å². The Bertz CT molecular complexity index is 1110. The smallest absolute Gasteiger partial charge is 0.225 e. The highest BCUT2D eigenvalue weighted by Gasteiger charge is 2.33. The van der Waals surface area contributed by atoms with Crippen LogP contribution in [0.5, 0.6) is 0 Å². The van der Waals surface area contributed by atoms with Crippen LogP contribution in [-0.4, -0.2) is 15.7 Å². The van der Waals surface area contributed by atoms with Crippen LogP contribution >= 0.6 is 11.6 Å². The van der Waals surface area contributed by atoms with Crippen molar-refractivity contribution in [1.82, 2.24) is 9.78 Å². The molecule has 6 heteroatoms. The zero-order valence-corrected chi connectivity index (χ0v) is 19.3. The molecular weight excluding hydrogens is 425 g/mol. The van der Waals surface area contributed by atoms with E-state index in [-0.39, 0.29) is 6.04 Å². The van der Waals surface area contributed by atoms with Gasteiger partial charge < -0.3 is 5.73 Å². The molecule has 3 aromatic rings. The number of amides is 1. The molecule has 0 spiro atoms. The lowest BCUT2D eigenvalue weighted by molar-refractivity contribution is -0.119. The predicted molar refractivity (Wildman–Crippen MR) is 125 cm³/mol. The van der Waals surface area contributed by atoms with Crippen molar-refractivity contribution in [2.75, 3.05) is 0 Å². The average Bonchev–Trinajstić information content (AvgIpc) is 3.07. The molecule has 1 aliphatic rings. The van der Waals surface area contributed by atoms with Gasteiger partial charge in [0.1, 0.15) is 5.82 Å². The van der Waals surface area contributed by atoms with Gasteiger partial charge in [-0.3, -0.25) is 9.48 Å². The van der Waals surface area contributed by atoms with E-state index in [9.17, 15) is 9.18 Å². The van der Waals surface area contributed by atoms with Gasteiger partial charge in [0.2, 0.25) is 5.91 Å². The number of carbonyl (C=O) groups excluding carboxylic acids is 1. The molecule has 0 radical (unpaired) electrons. The molecule has 1 aromatic heterocycles. The summed E-state index contributed by atoms with van der Waals surface area (Å²) in [5, 5.41) is 5.21. The number of rotatable bonds is 6. The third-order valence-corrected chi connectivity index (χ3v) is 7.14. The zero-order chi connectivity index (χ0) is 22.8. The molecule has 1 aliphatic carbocycles. The lowest BCUT2D eigenvalue weighted by Gasteiger charge is -2.33. The van der Waals surface area contributed by atoms with Crippen LogP contribution in [0, 0.1) is 19.7 Å². The van der Waals surface area contributed by atoms with Gasteiger partial charge in [-0.25, -0.2) is 4.39 Å². The van der Waals surface area contributed by atoms with Crippen molar-refractivity contribution in [2.24, 2.45) is 5.73 Å². The van der Waals surface area contributed by atoms with E-state index >= 15 is 0 Å². The zero-order valence-electron chi connectivity index (χ0n) is 18.5. The minimum atomic E-state index is -0.578. The Morgan fingerprint density at radius 1 is 1.19 bits per heavy atom. The molecule has 2 N–H and O–H groups in total. The number of halogens is 2. The Hall–Kier alpha value is -2.66. The number of nitrogens with zero attached hydrogens (tertiary/aromatic N) is 2. The molecule has 1 heterocycles. The summed E-state index contributed by atoms with van der Waals surface area (Å²) >= 11 is 6.25. The molecule has 0 aliphatic heterocycles. The summed E-state index contributed by atoms with van der Waals surface area (Å²) in [5.74, 6) is -1.03. The molecule has 3 unspecified atom stereocenters. The second kappa shape index (κ2) is 9.45. The molecule has 0 bridgehead atoms. The largest absolute Gasteiger partial charge is 0.369 e. The highest BCUT2D eigenvalue weighted by molar-refractivity contribution is 6.31. The van der Waals surface area contributed by atoms with Crippen molar-refractivity contribution in [2.45, 2.75) is 63.8 Å². The van der Waals surface area contributed by atoms with Crippen molar-refractivity contribution >= 4 is 17.5 Å². The Morgan fingerprint density at radius 2 is 1.91 bits per heavy atom. The summed E-state index contributed by atoms with van der Waals surface area (Å²) in [6.07, 6.45) is 4.84. The minimum Gasteiger partial charge on any atom is -0.369 e. The van der Waals surface area contributed by atoms with E-state index in [1.807, 2.05) is 19.9 Å². The number of nitrogens with two attached hydrogens (primary N) is 1. The summed E-state index contributed by atoms with van der Waals surface area (Å²) in [4.78, 5) is 12.5. The van der Waals surface area contributed by atoms with Gasteiger partial charge in [-0.2, -0.15) is 5.10 Å². The number of hydrogen-bond donors (Lipinski definition) is 1. The maximum absolute atomic E-state index is 13.5. The summed E-state index contributed by atoms with van der Waals surface area (Å²) < 4.78 is 15.6. The second-order valence-electron chi connectivity index (χ2n) is 8.79. The van der Waals surface area contributed by atoms with Gasteiger partial charge in [-0.1, -0.05) is 60.8 Å². The molecule has 3 atom stereocenters. The first-order chi connectivity index (χ1) is 15.4. The third-order valence-electron chi connectivity index (χ3n) is 6.78. The van der Waals surface area contributed by atoms with Gasteiger partial charge >= 0.3 is 0 Å². The number of carbonyl (C=O) groups is 1. The Labute approximate surface area is 193 Å². The van der Waals surface area contributed by atoms with E-state index in [0.717, 1.165) is 36.2 Å². The SMILES string of the molecule is Cc1nn(C2CCCCC2c2ccccc2)c(C)c1C(Cc1ccc(F)cc1Cl)C(N)=O. The summed E-state index contributed by atoms with van der Waals surface area (Å²) in [6.45, 7) is 3.95. The minimum absolute atomic E-state index is 0.238. The van der Waals surface area contributed by atoms with Crippen molar-refractivity contribution < 1.29 is 9.18 Å². The van der Waals surface area contributed by atoms with Crippen LogP contribution < -0.4 is 5.73 Å². The highest BCUT2D eigenvalue weighted by Crippen LogP contribution is 2.42. The average molecular weight is 454 g/mol. The fourth-order valence-corrected chi connectivity index (χ4v) is 5.49. The molecule has 1 saturated carbocycles. The molecule has 1 amide bonds. The number of benzene rings is 2. The van der Waals surface area contributed by atoms with Crippen LogP contribution in [-0.2, 0) is 11.2 Å². The van der Waals surface area contributed by atoms with Gasteiger partial charge in [-0.15, -0.1) is 0 Å². The monoisotopic (exact) mass is 453 g/mol. The van der Waals surface area contributed by atoms with Crippen molar-refractivity contribution in [3.8, 4) is 0 Å². The first-order valence-electron chi connectivity index (χ1n) is 11.2. The van der Waals surface area contributed by atoms with Crippen molar-refractivity contribution in [3.63, 3.8) is 0 Å². The molecule has 2 aromatic carbocycles. The standard InChI is InChI=1S/C26H29ClFN3O/c1-16-25(22(26(29)32)14-19-12-13-20(28)15-23(19)27)17(2)31(30-16)24-11-7-6-10-21(24)18-8-4-3-5-9-18/h3-5,8-9,12-13,15,21-22,24H,6-7,10-11,14H2,1-2H3,(H2,29,32). The van der Waals surface area contributed by atoms with Gasteiger partial charge in [0, 0.05) is 22.2 Å². The van der Waals surface area contributed by atoms with Gasteiger partial charge in [0.15, 0.2) is 0 Å². The topological polar surface area (TPSA) is 60.9 Å². The van der Waals surface area contributed by atoms with E-state index in [0.29, 0.717) is 22.9 Å². The van der Waals surface area contributed by atoms with Crippen LogP contribution in [0.25, 0.3) is 0 Å². The van der Waals surface area contributed by atoms with Crippen LogP contribution in [0.15, 0.2) is 48.5 Å². The fourth-order valence-electron chi connectivity index (χ4n) is 5.25. The molecule has 0 saturated heterocycles. The van der Waals surface area contributed by atoms with Crippen LogP contribution in [0.2, 0.25) is 5.02 Å². The first kappa shape index (κ1) is 22.5. The lowest BCUT2D eigenvalue weighted by atomic mass is 9.80. The number of primary amides is 1. The molecule has 1 fully saturated rings. The maximum atomic E-state index is 13.5. The Balaban J connectivity index is 1.71. The molecular formula is C26H29ClFN3O.